The highest BCUT2D eigenvalue weighted by Gasteiger charge is 2.38. The molecule has 1 rings (SSSR count). The maximum Gasteiger partial charge on any atom is 0.407 e. The second kappa shape index (κ2) is 12.0. The quantitative estimate of drug-likeness (QED) is 0.466. The molecule has 1 aliphatic rings. The van der Waals surface area contributed by atoms with E-state index < -0.39 is 17.5 Å². The lowest BCUT2D eigenvalue weighted by molar-refractivity contribution is -0.171. The number of aliphatic hydroxyl groups is 1. The van der Waals surface area contributed by atoms with Gasteiger partial charge in [0.15, 0.2) is 5.79 Å². The Morgan fingerprint density at radius 2 is 1.82 bits per heavy atom. The fourth-order valence-electron chi connectivity index (χ4n) is 3.93. The highest BCUT2D eigenvalue weighted by Crippen LogP contribution is 2.35. The van der Waals surface area contributed by atoms with E-state index in [1.54, 1.807) is 0 Å². The number of amides is 1. The number of alkyl carbamates (subject to hydrolysis) is 1. The second-order valence-corrected chi connectivity index (χ2v) is 9.09. The molecule has 0 aliphatic carbocycles. The van der Waals surface area contributed by atoms with E-state index in [9.17, 15) is 9.90 Å². The van der Waals surface area contributed by atoms with E-state index in [2.05, 4.69) is 19.2 Å². The van der Waals surface area contributed by atoms with Crippen LogP contribution in [0.15, 0.2) is 0 Å². The number of ether oxygens (including phenoxy) is 3. The Morgan fingerprint density at radius 3 is 2.32 bits per heavy atom. The molecule has 1 amide bonds. The van der Waals surface area contributed by atoms with Gasteiger partial charge in [-0.1, -0.05) is 33.6 Å². The van der Waals surface area contributed by atoms with E-state index in [0.29, 0.717) is 13.2 Å². The van der Waals surface area contributed by atoms with Crippen LogP contribution in [0.5, 0.6) is 0 Å². The normalized spacial score (nSPS) is 19.8. The van der Waals surface area contributed by atoms with Crippen LogP contribution in [0, 0.1) is 11.8 Å². The van der Waals surface area contributed by atoms with Crippen molar-refractivity contribution in [3.63, 3.8) is 0 Å². The largest absolute Gasteiger partial charge is 0.444 e. The van der Waals surface area contributed by atoms with Gasteiger partial charge in [0.25, 0.3) is 0 Å². The summed E-state index contributed by atoms with van der Waals surface area (Å²) in [6.45, 7) is 13.2. The van der Waals surface area contributed by atoms with Crippen molar-refractivity contribution in [1.29, 1.82) is 0 Å². The molecule has 0 aromatic rings. The number of carbonyl (C=O) groups is 1. The van der Waals surface area contributed by atoms with E-state index in [-0.39, 0.29) is 24.5 Å². The Morgan fingerprint density at radius 1 is 1.18 bits per heavy atom. The van der Waals surface area contributed by atoms with Crippen molar-refractivity contribution in [3.8, 4) is 0 Å². The van der Waals surface area contributed by atoms with Crippen LogP contribution in [0.1, 0.15) is 86.5 Å². The smallest absolute Gasteiger partial charge is 0.407 e. The lowest BCUT2D eigenvalue weighted by Gasteiger charge is -2.35. The summed E-state index contributed by atoms with van der Waals surface area (Å²) in [6.07, 6.45) is 6.29. The maximum absolute atomic E-state index is 12.3. The van der Waals surface area contributed by atoms with Crippen molar-refractivity contribution in [2.75, 3.05) is 19.8 Å². The molecule has 0 bridgehead atoms. The van der Waals surface area contributed by atoms with Gasteiger partial charge in [0.05, 0.1) is 13.2 Å². The van der Waals surface area contributed by atoms with Crippen LogP contribution < -0.4 is 5.32 Å². The average molecular weight is 402 g/mol. The summed E-state index contributed by atoms with van der Waals surface area (Å²) in [7, 11) is 0. The summed E-state index contributed by atoms with van der Waals surface area (Å²) in [6, 6.07) is -0.0638. The summed E-state index contributed by atoms with van der Waals surface area (Å²) in [5, 5.41) is 12.8. The Kier molecular flexibility index (Phi) is 10.8. The van der Waals surface area contributed by atoms with Gasteiger partial charge in [-0.3, -0.25) is 0 Å². The van der Waals surface area contributed by atoms with Crippen molar-refractivity contribution in [1.82, 2.24) is 5.32 Å². The third kappa shape index (κ3) is 8.66. The maximum atomic E-state index is 12.3. The number of unbranched alkanes of at least 4 members (excludes halogenated alkanes) is 2. The zero-order chi connectivity index (χ0) is 21.2. The number of hydrogen-bond donors (Lipinski definition) is 2. The molecule has 0 saturated carbocycles. The molecule has 2 N–H and O–H groups in total. The monoisotopic (exact) mass is 401 g/mol. The first-order valence-corrected chi connectivity index (χ1v) is 11.0. The molecule has 1 aliphatic heterocycles. The minimum Gasteiger partial charge on any atom is -0.444 e. The lowest BCUT2D eigenvalue weighted by atomic mass is 9.81. The molecule has 6 nitrogen and oxygen atoms in total. The predicted molar refractivity (Wildman–Crippen MR) is 111 cm³/mol. The van der Waals surface area contributed by atoms with Crippen LogP contribution >= 0.6 is 0 Å². The Bertz CT molecular complexity index is 443. The summed E-state index contributed by atoms with van der Waals surface area (Å²) < 4.78 is 17.5. The predicted octanol–water partition coefficient (Wildman–Crippen LogP) is 4.64. The number of nitrogens with one attached hydrogen (secondary N) is 1. The molecule has 166 valence electrons. The third-order valence-corrected chi connectivity index (χ3v) is 5.51. The van der Waals surface area contributed by atoms with Gasteiger partial charge in [0, 0.05) is 25.5 Å². The van der Waals surface area contributed by atoms with E-state index in [4.69, 9.17) is 14.2 Å². The molecule has 28 heavy (non-hydrogen) atoms. The minimum absolute atomic E-state index is 0.0638. The van der Waals surface area contributed by atoms with Gasteiger partial charge in [-0.2, -0.15) is 0 Å². The SMILES string of the molecule is CCCCCC1(CC[C@H](C(C)CO)[C@@H](CC)NC(=O)OC(C)(C)C)OCCO1. The fourth-order valence-corrected chi connectivity index (χ4v) is 3.93. The molecule has 1 fully saturated rings. The van der Waals surface area contributed by atoms with Crippen molar-refractivity contribution in [2.24, 2.45) is 11.8 Å². The molecule has 1 saturated heterocycles. The summed E-state index contributed by atoms with van der Waals surface area (Å²) in [4.78, 5) is 12.3. The van der Waals surface area contributed by atoms with Crippen LogP contribution in [0.4, 0.5) is 4.79 Å². The molecular weight excluding hydrogens is 358 g/mol. The third-order valence-electron chi connectivity index (χ3n) is 5.51. The Hall–Kier alpha value is -0.850. The second-order valence-electron chi connectivity index (χ2n) is 9.09. The molecule has 1 heterocycles. The number of aliphatic hydroxyl groups excluding tert-OH is 1. The number of hydrogen-bond acceptors (Lipinski definition) is 5. The molecule has 3 atom stereocenters. The molecule has 0 aromatic heterocycles. The fraction of sp³-hybridized carbons (Fsp3) is 0.955. The molecule has 0 aromatic carbocycles. The van der Waals surface area contributed by atoms with E-state index in [1.165, 1.54) is 6.42 Å². The summed E-state index contributed by atoms with van der Waals surface area (Å²) in [5.41, 5.74) is -0.532. The van der Waals surface area contributed by atoms with Gasteiger partial charge in [0.2, 0.25) is 0 Å². The van der Waals surface area contributed by atoms with Gasteiger partial charge in [-0.05, 0) is 51.9 Å². The van der Waals surface area contributed by atoms with Gasteiger partial charge < -0.3 is 24.6 Å². The Labute approximate surface area is 171 Å². The lowest BCUT2D eigenvalue weighted by Crippen LogP contribution is -2.45. The minimum atomic E-state index is -0.532. The molecule has 6 heteroatoms. The van der Waals surface area contributed by atoms with Gasteiger partial charge in [-0.25, -0.2) is 4.79 Å². The summed E-state index contributed by atoms with van der Waals surface area (Å²) in [5.74, 6) is -0.320. The van der Waals surface area contributed by atoms with E-state index in [0.717, 1.165) is 38.5 Å². The van der Waals surface area contributed by atoms with Crippen LogP contribution in [0.25, 0.3) is 0 Å². The first-order chi connectivity index (χ1) is 13.2. The van der Waals surface area contributed by atoms with E-state index in [1.807, 2.05) is 27.7 Å². The van der Waals surface area contributed by atoms with Crippen LogP contribution in [-0.2, 0) is 14.2 Å². The number of rotatable bonds is 12. The molecule has 1 unspecified atom stereocenters. The van der Waals surface area contributed by atoms with Crippen LogP contribution in [-0.4, -0.2) is 48.5 Å². The molecule has 0 radical (unpaired) electrons. The van der Waals surface area contributed by atoms with Gasteiger partial charge in [0.1, 0.15) is 5.60 Å². The van der Waals surface area contributed by atoms with Crippen molar-refractivity contribution in [2.45, 2.75) is 104 Å². The van der Waals surface area contributed by atoms with Crippen molar-refractivity contribution < 1.29 is 24.1 Å². The van der Waals surface area contributed by atoms with Gasteiger partial charge >= 0.3 is 6.09 Å². The zero-order valence-corrected chi connectivity index (χ0v) is 18.9. The van der Waals surface area contributed by atoms with E-state index >= 15 is 0 Å². The Balaban J connectivity index is 2.77. The van der Waals surface area contributed by atoms with Crippen LogP contribution in [0.3, 0.4) is 0 Å². The molecule has 0 spiro atoms. The summed E-state index contributed by atoms with van der Waals surface area (Å²) >= 11 is 0. The first-order valence-electron chi connectivity index (χ1n) is 11.0. The van der Waals surface area contributed by atoms with Crippen molar-refractivity contribution in [3.05, 3.63) is 0 Å². The highest BCUT2D eigenvalue weighted by atomic mass is 16.7. The average Bonchev–Trinajstić information content (AvgIpc) is 3.08. The van der Waals surface area contributed by atoms with Gasteiger partial charge in [-0.15, -0.1) is 0 Å². The van der Waals surface area contributed by atoms with Crippen LogP contribution in [0.2, 0.25) is 0 Å². The first kappa shape index (κ1) is 25.2. The zero-order valence-electron chi connectivity index (χ0n) is 18.9. The standard InChI is InChI=1S/C22H43NO5/c1-7-9-10-12-22(26-14-15-27-22)13-11-18(17(3)16-24)19(8-2)23-20(25)28-21(4,5)6/h17-19,24H,7-16H2,1-6H3,(H,23,25)/t17?,18-,19-/m1/s1. The topological polar surface area (TPSA) is 77.0 Å². The number of carbonyl (C=O) groups excluding carboxylic acids is 1. The molecular formula is C22H43NO5. The highest BCUT2D eigenvalue weighted by molar-refractivity contribution is 5.68. The van der Waals surface area contributed by atoms with Crippen molar-refractivity contribution >= 4 is 6.09 Å².